The van der Waals surface area contributed by atoms with Crippen molar-refractivity contribution in [3.8, 4) is 0 Å². The van der Waals surface area contributed by atoms with Crippen molar-refractivity contribution in [3.63, 3.8) is 0 Å². The number of fused-ring (bicyclic) bond motifs is 1. The van der Waals surface area contributed by atoms with Crippen LogP contribution < -0.4 is 5.32 Å². The van der Waals surface area contributed by atoms with Crippen LogP contribution in [-0.2, 0) is 0 Å². The number of nitrogens with one attached hydrogen (secondary N) is 1. The van der Waals surface area contributed by atoms with Gasteiger partial charge in [0.05, 0.1) is 0 Å². The molecule has 104 valence electrons. The van der Waals surface area contributed by atoms with Crippen LogP contribution in [0, 0.1) is 0 Å². The summed E-state index contributed by atoms with van der Waals surface area (Å²) in [6.45, 7) is 11.3. The second-order valence-corrected chi connectivity index (χ2v) is 7.01. The molecular weight excluding hydrogens is 222 g/mol. The quantitative estimate of drug-likeness (QED) is 0.806. The largest absolute Gasteiger partial charge is 0.310 e. The lowest BCUT2D eigenvalue weighted by molar-refractivity contribution is 0.0347. The van der Waals surface area contributed by atoms with Gasteiger partial charge in [0.1, 0.15) is 0 Å². The fourth-order valence-electron chi connectivity index (χ4n) is 4.17. The van der Waals surface area contributed by atoms with Crippen LogP contribution in [0.5, 0.6) is 0 Å². The maximum absolute atomic E-state index is 3.77. The Bertz CT molecular complexity index is 285. The second kappa shape index (κ2) is 5.10. The zero-order valence-electron chi connectivity index (χ0n) is 12.1. The van der Waals surface area contributed by atoms with E-state index < -0.39 is 0 Å². The fraction of sp³-hybridized carbons (Fsp3) is 1.00. The van der Waals surface area contributed by atoms with Crippen molar-refractivity contribution in [1.82, 2.24) is 15.1 Å². The molecule has 0 amide bonds. The Hall–Kier alpha value is -0.120. The average molecular weight is 251 g/mol. The van der Waals surface area contributed by atoms with Crippen molar-refractivity contribution in [1.29, 1.82) is 0 Å². The molecule has 3 atom stereocenters. The van der Waals surface area contributed by atoms with Crippen molar-refractivity contribution >= 4 is 0 Å². The van der Waals surface area contributed by atoms with Crippen LogP contribution in [0.3, 0.4) is 0 Å². The van der Waals surface area contributed by atoms with Crippen LogP contribution >= 0.6 is 0 Å². The van der Waals surface area contributed by atoms with Crippen molar-refractivity contribution in [3.05, 3.63) is 0 Å². The lowest BCUT2D eigenvalue weighted by atomic mass is 9.89. The van der Waals surface area contributed by atoms with E-state index in [9.17, 15) is 0 Å². The smallest absolute Gasteiger partial charge is 0.0280 e. The average Bonchev–Trinajstić information content (AvgIpc) is 2.77. The molecule has 0 spiro atoms. The van der Waals surface area contributed by atoms with Gasteiger partial charge in [0, 0.05) is 37.3 Å². The Balaban J connectivity index is 1.61. The van der Waals surface area contributed by atoms with Crippen molar-refractivity contribution in [2.75, 3.05) is 32.7 Å². The summed E-state index contributed by atoms with van der Waals surface area (Å²) in [5.41, 5.74) is 0.368. The van der Waals surface area contributed by atoms with E-state index in [-0.39, 0.29) is 0 Å². The Kier molecular flexibility index (Phi) is 3.65. The molecule has 0 radical (unpaired) electrons. The summed E-state index contributed by atoms with van der Waals surface area (Å²) < 4.78 is 0. The number of hydrogen-bond donors (Lipinski definition) is 1. The highest BCUT2D eigenvalue weighted by molar-refractivity contribution is 4.96. The minimum absolute atomic E-state index is 0.368. The molecule has 3 unspecified atom stereocenters. The van der Waals surface area contributed by atoms with Crippen LogP contribution in [0.15, 0.2) is 0 Å². The van der Waals surface area contributed by atoms with Gasteiger partial charge >= 0.3 is 0 Å². The third kappa shape index (κ3) is 2.59. The van der Waals surface area contributed by atoms with Gasteiger partial charge in [-0.2, -0.15) is 0 Å². The molecule has 3 fully saturated rings. The number of rotatable bonds is 2. The predicted octanol–water partition coefficient (Wildman–Crippen LogP) is 1.69. The zero-order chi connectivity index (χ0) is 12.6. The molecule has 0 aromatic heterocycles. The SMILES string of the molecule is CC1CN2CCCC2CN1CC1(C)CCCCN1. The van der Waals surface area contributed by atoms with E-state index in [2.05, 4.69) is 29.0 Å². The van der Waals surface area contributed by atoms with Gasteiger partial charge in [-0.05, 0) is 52.6 Å². The van der Waals surface area contributed by atoms with Gasteiger partial charge in [-0.1, -0.05) is 6.42 Å². The van der Waals surface area contributed by atoms with Crippen molar-refractivity contribution in [2.24, 2.45) is 0 Å². The maximum Gasteiger partial charge on any atom is 0.0280 e. The van der Waals surface area contributed by atoms with Gasteiger partial charge in [0.25, 0.3) is 0 Å². The number of nitrogens with zero attached hydrogens (tertiary/aromatic N) is 2. The van der Waals surface area contributed by atoms with Crippen LogP contribution in [0.1, 0.15) is 46.0 Å². The second-order valence-electron chi connectivity index (χ2n) is 7.01. The minimum atomic E-state index is 0.368. The van der Waals surface area contributed by atoms with Gasteiger partial charge in [-0.3, -0.25) is 9.80 Å². The first-order valence-corrected chi connectivity index (χ1v) is 7.89. The van der Waals surface area contributed by atoms with E-state index >= 15 is 0 Å². The number of piperidine rings is 1. The highest BCUT2D eigenvalue weighted by Crippen LogP contribution is 2.27. The molecule has 18 heavy (non-hydrogen) atoms. The van der Waals surface area contributed by atoms with Crippen LogP contribution in [0.2, 0.25) is 0 Å². The van der Waals surface area contributed by atoms with E-state index in [1.165, 1.54) is 64.8 Å². The molecule has 0 saturated carbocycles. The molecule has 0 aliphatic carbocycles. The van der Waals surface area contributed by atoms with Crippen LogP contribution in [-0.4, -0.2) is 60.1 Å². The summed E-state index contributed by atoms with van der Waals surface area (Å²) >= 11 is 0. The Labute approximate surface area is 112 Å². The van der Waals surface area contributed by atoms with E-state index in [1.807, 2.05) is 0 Å². The first kappa shape index (κ1) is 12.9. The van der Waals surface area contributed by atoms with Crippen molar-refractivity contribution < 1.29 is 0 Å². The van der Waals surface area contributed by atoms with E-state index in [0.717, 1.165) is 12.1 Å². The molecule has 3 aliphatic rings. The third-order valence-corrected chi connectivity index (χ3v) is 5.33. The predicted molar refractivity (Wildman–Crippen MR) is 75.9 cm³/mol. The third-order valence-electron chi connectivity index (χ3n) is 5.33. The fourth-order valence-corrected chi connectivity index (χ4v) is 4.17. The minimum Gasteiger partial charge on any atom is -0.310 e. The highest BCUT2D eigenvalue weighted by atomic mass is 15.3. The molecule has 0 aromatic carbocycles. The van der Waals surface area contributed by atoms with Gasteiger partial charge in [0.2, 0.25) is 0 Å². The summed E-state index contributed by atoms with van der Waals surface area (Å²) in [7, 11) is 0. The van der Waals surface area contributed by atoms with Crippen LogP contribution in [0.4, 0.5) is 0 Å². The lowest BCUT2D eigenvalue weighted by Gasteiger charge is -2.47. The Morgan fingerprint density at radius 2 is 2.11 bits per heavy atom. The first-order chi connectivity index (χ1) is 8.66. The lowest BCUT2D eigenvalue weighted by Crippen LogP contribution is -2.61. The van der Waals surface area contributed by atoms with Gasteiger partial charge in [-0.25, -0.2) is 0 Å². The molecule has 3 heterocycles. The molecule has 1 N–H and O–H groups in total. The standard InChI is InChI=1S/C15H29N3/c1-13-10-17-9-5-6-14(17)11-18(13)12-15(2)7-3-4-8-16-15/h13-14,16H,3-12H2,1-2H3. The summed E-state index contributed by atoms with van der Waals surface area (Å²) in [4.78, 5) is 5.47. The van der Waals surface area contributed by atoms with E-state index in [0.29, 0.717) is 5.54 Å². The molecule has 3 heteroatoms. The molecule has 3 rings (SSSR count). The number of piperazine rings is 1. The molecular formula is C15H29N3. The topological polar surface area (TPSA) is 18.5 Å². The molecule has 0 aromatic rings. The van der Waals surface area contributed by atoms with E-state index in [1.54, 1.807) is 0 Å². The molecule has 3 saturated heterocycles. The molecule has 3 aliphatic heterocycles. The highest BCUT2D eigenvalue weighted by Gasteiger charge is 2.37. The summed E-state index contributed by atoms with van der Waals surface area (Å²) in [6.07, 6.45) is 6.96. The summed E-state index contributed by atoms with van der Waals surface area (Å²) in [5, 5.41) is 3.77. The van der Waals surface area contributed by atoms with Gasteiger partial charge in [-0.15, -0.1) is 0 Å². The Morgan fingerprint density at radius 1 is 1.22 bits per heavy atom. The van der Waals surface area contributed by atoms with Gasteiger partial charge < -0.3 is 5.32 Å². The molecule has 3 nitrogen and oxygen atoms in total. The number of hydrogen-bond acceptors (Lipinski definition) is 3. The monoisotopic (exact) mass is 251 g/mol. The maximum atomic E-state index is 3.77. The van der Waals surface area contributed by atoms with E-state index in [4.69, 9.17) is 0 Å². The molecule has 0 bridgehead atoms. The first-order valence-electron chi connectivity index (χ1n) is 7.89. The Morgan fingerprint density at radius 3 is 2.89 bits per heavy atom. The zero-order valence-corrected chi connectivity index (χ0v) is 12.1. The summed E-state index contributed by atoms with van der Waals surface area (Å²) in [6, 6.07) is 1.59. The van der Waals surface area contributed by atoms with Gasteiger partial charge in [0.15, 0.2) is 0 Å². The summed E-state index contributed by atoms with van der Waals surface area (Å²) in [5.74, 6) is 0. The van der Waals surface area contributed by atoms with Crippen LogP contribution in [0.25, 0.3) is 0 Å². The normalized spacial score (nSPS) is 43.0. The van der Waals surface area contributed by atoms with Crippen molar-refractivity contribution in [2.45, 2.75) is 63.6 Å².